The molecule has 0 aliphatic carbocycles. The van der Waals surface area contributed by atoms with Crippen molar-refractivity contribution in [1.29, 1.82) is 0 Å². The molecule has 0 radical (unpaired) electrons. The molecule has 2 unspecified atom stereocenters. The number of methoxy groups -OCH3 is 2. The molecule has 67 heavy (non-hydrogen) atoms. The van der Waals surface area contributed by atoms with Crippen molar-refractivity contribution in [1.82, 2.24) is 29.7 Å². The van der Waals surface area contributed by atoms with E-state index in [0.29, 0.717) is 54.5 Å². The van der Waals surface area contributed by atoms with E-state index in [-0.39, 0.29) is 39.8 Å². The van der Waals surface area contributed by atoms with Gasteiger partial charge in [0.2, 0.25) is 11.0 Å². The van der Waals surface area contributed by atoms with Crippen molar-refractivity contribution in [2.45, 2.75) is 82.8 Å². The third-order valence-corrected chi connectivity index (χ3v) is 13.0. The van der Waals surface area contributed by atoms with E-state index in [2.05, 4.69) is 20.1 Å². The van der Waals surface area contributed by atoms with Crippen LogP contribution in [0.3, 0.4) is 0 Å². The first-order chi connectivity index (χ1) is 32.1. The maximum atomic E-state index is 17.7. The fourth-order valence-electron chi connectivity index (χ4n) is 9.09. The fourth-order valence-corrected chi connectivity index (χ4v) is 9.53. The summed E-state index contributed by atoms with van der Waals surface area (Å²) in [6, 6.07) is 16.4. The number of aromatic nitrogens is 6. The van der Waals surface area contributed by atoms with Gasteiger partial charge in [-0.05, 0) is 93.1 Å². The minimum absolute atomic E-state index is 0.00386. The van der Waals surface area contributed by atoms with Crippen LogP contribution < -0.4 is 24.0 Å². The smallest absolute Gasteiger partial charge is 0.417 e. The molecule has 0 bridgehead atoms. The molecule has 0 N–H and O–H groups in total. The lowest BCUT2D eigenvalue weighted by molar-refractivity contribution is -0.137. The molecule has 7 aromatic rings. The summed E-state index contributed by atoms with van der Waals surface area (Å²) in [5, 5.41) is 4.11. The number of benzene rings is 3. The van der Waals surface area contributed by atoms with Gasteiger partial charge in [-0.3, -0.25) is 4.21 Å². The van der Waals surface area contributed by atoms with Crippen molar-refractivity contribution in [3.8, 4) is 28.6 Å². The molecule has 350 valence electrons. The molecular weight excluding hydrogens is 896 g/mol. The molecule has 0 amide bonds. The highest BCUT2D eigenvalue weighted by molar-refractivity contribution is 7.84. The Bertz CT molecular complexity index is 2950. The van der Waals surface area contributed by atoms with Crippen molar-refractivity contribution in [2.24, 2.45) is 0 Å². The van der Waals surface area contributed by atoms with Crippen molar-refractivity contribution in [3.05, 3.63) is 113 Å². The van der Waals surface area contributed by atoms with Gasteiger partial charge in [-0.2, -0.15) is 18.3 Å². The van der Waals surface area contributed by atoms with Gasteiger partial charge in [0.15, 0.2) is 12.0 Å². The molecule has 3 aromatic carbocycles. The van der Waals surface area contributed by atoms with Gasteiger partial charge in [0.05, 0.1) is 60.6 Å². The highest BCUT2D eigenvalue weighted by Crippen LogP contribution is 2.48. The number of aryl methyl sites for hydroxylation is 1. The Morgan fingerprint density at radius 1 is 0.940 bits per heavy atom. The molecule has 9 rings (SSSR count). The molecule has 4 atom stereocenters. The van der Waals surface area contributed by atoms with E-state index < -0.39 is 69.3 Å². The average molecular weight is 943 g/mol. The largest absolute Gasteiger partial charge is 0.497 e. The van der Waals surface area contributed by atoms with Crippen molar-refractivity contribution in [3.63, 3.8) is 0 Å². The Morgan fingerprint density at radius 2 is 1.61 bits per heavy atom. The molecule has 6 heterocycles. The number of halogens is 5. The van der Waals surface area contributed by atoms with Crippen LogP contribution >= 0.6 is 0 Å². The number of hydrogen-bond acceptors (Lipinski definition) is 12. The zero-order chi connectivity index (χ0) is 47.3. The summed E-state index contributed by atoms with van der Waals surface area (Å²) >= 11 is 0. The number of pyridine rings is 2. The van der Waals surface area contributed by atoms with Gasteiger partial charge in [0.25, 0.3) is 0 Å². The van der Waals surface area contributed by atoms with Crippen LogP contribution in [0.5, 0.6) is 17.4 Å². The number of rotatable bonds is 12. The predicted octanol–water partition coefficient (Wildman–Crippen LogP) is 10.1. The Balaban J connectivity index is 1.22. The van der Waals surface area contributed by atoms with Gasteiger partial charge >= 0.3 is 6.18 Å². The fraction of sp³-hybridized carbons (Fsp3) is 0.354. The summed E-state index contributed by atoms with van der Waals surface area (Å²) in [4.78, 5) is 22.1. The first-order valence-electron chi connectivity index (χ1n) is 21.7. The van der Waals surface area contributed by atoms with Crippen LogP contribution in [0, 0.1) is 18.6 Å². The lowest BCUT2D eigenvalue weighted by Crippen LogP contribution is -2.40. The molecule has 19 heteroatoms. The van der Waals surface area contributed by atoms with Gasteiger partial charge in [-0.15, -0.1) is 0 Å². The van der Waals surface area contributed by atoms with Crippen LogP contribution in [-0.2, 0) is 34.8 Å². The number of hydrogen-bond donors (Lipinski definition) is 0. The van der Waals surface area contributed by atoms with Crippen LogP contribution in [0.15, 0.2) is 78.2 Å². The minimum Gasteiger partial charge on any atom is -0.497 e. The summed E-state index contributed by atoms with van der Waals surface area (Å²) in [6.45, 7) is 5.93. The third kappa shape index (κ3) is 8.70. The number of fused-ring (bicyclic) bond motifs is 1. The van der Waals surface area contributed by atoms with Gasteiger partial charge in [-0.1, -0.05) is 24.3 Å². The molecular formula is C48H47F5N8O5S. The quantitative estimate of drug-likeness (QED) is 0.0854. The van der Waals surface area contributed by atoms with E-state index in [1.54, 1.807) is 19.1 Å². The first kappa shape index (κ1) is 45.7. The standard InChI is InChI=1S/C48H47F5N8O5S/c1-26-19-36-35(22-55-61(36)37-9-7-8-18-65-37)38(40(26)48(51,52)53)42-41(50)43-39-45(58-47(57-43)67(6)62)60(27(2)25-66-46(39)56-42)28(3)34-20-31(49)21-54-44(34)59(23-29-10-14-32(63-4)15-11-29)24-30-12-16-33(64-5)17-13-30/h10-17,19-22,27-28,37H,7-9,18,23-25H2,1-6H3/t27-,28+,37?,67?/m0/s1. The molecule has 1 saturated heterocycles. The summed E-state index contributed by atoms with van der Waals surface area (Å²) in [5.41, 5.74) is -0.422. The van der Waals surface area contributed by atoms with Gasteiger partial charge in [0.1, 0.15) is 52.2 Å². The van der Waals surface area contributed by atoms with E-state index >= 15 is 22.0 Å². The van der Waals surface area contributed by atoms with Crippen LogP contribution in [0.1, 0.15) is 73.2 Å². The number of ether oxygens (including phenoxy) is 4. The van der Waals surface area contributed by atoms with Gasteiger partial charge < -0.3 is 28.7 Å². The molecule has 2 aliphatic heterocycles. The van der Waals surface area contributed by atoms with Crippen LogP contribution in [-0.4, -0.2) is 73.7 Å². The Morgan fingerprint density at radius 3 is 2.21 bits per heavy atom. The van der Waals surface area contributed by atoms with E-state index in [4.69, 9.17) is 23.9 Å². The first-order valence-corrected chi connectivity index (χ1v) is 23.2. The van der Waals surface area contributed by atoms with Crippen LogP contribution in [0.25, 0.3) is 33.1 Å². The highest BCUT2D eigenvalue weighted by atomic mass is 32.2. The van der Waals surface area contributed by atoms with E-state index in [1.165, 1.54) is 36.2 Å². The van der Waals surface area contributed by atoms with E-state index in [0.717, 1.165) is 30.2 Å². The second-order valence-corrected chi connectivity index (χ2v) is 18.0. The molecule has 0 spiro atoms. The maximum Gasteiger partial charge on any atom is 0.417 e. The monoisotopic (exact) mass is 942 g/mol. The number of anilines is 2. The van der Waals surface area contributed by atoms with Crippen LogP contribution in [0.4, 0.5) is 33.6 Å². The Labute approximate surface area is 385 Å². The second kappa shape index (κ2) is 18.3. The topological polar surface area (TPSA) is 130 Å². The number of nitrogens with zero attached hydrogens (tertiary/aromatic N) is 8. The zero-order valence-electron chi connectivity index (χ0n) is 37.5. The van der Waals surface area contributed by atoms with Crippen LogP contribution in [0.2, 0.25) is 0 Å². The summed E-state index contributed by atoms with van der Waals surface area (Å²) < 4.78 is 117. The molecule has 0 saturated carbocycles. The molecule has 1 fully saturated rings. The van der Waals surface area contributed by atoms with Gasteiger partial charge in [-0.25, -0.2) is 33.4 Å². The summed E-state index contributed by atoms with van der Waals surface area (Å²) in [5.74, 6) is -0.259. The van der Waals surface area contributed by atoms with Crippen molar-refractivity contribution >= 4 is 44.2 Å². The normalized spacial score (nSPS) is 17.3. The van der Waals surface area contributed by atoms with Crippen molar-refractivity contribution < 1.29 is 45.1 Å². The van der Waals surface area contributed by atoms with E-state index in [9.17, 15) is 4.21 Å². The van der Waals surface area contributed by atoms with E-state index in [1.807, 2.05) is 67.3 Å². The Hall–Kier alpha value is -6.47. The SMILES string of the molecule is COc1ccc(CN(Cc2ccc(OC)cc2)c2ncc(F)cc2[C@@H](C)N2c3nc(S(C)=O)nc4c(F)c(-c5c(C(F)(F)F)c(C)cc6c5cnn6C5CCCCO5)nc(c34)OC[C@@H]2C)cc1. The second-order valence-electron chi connectivity index (χ2n) is 16.7. The Kier molecular flexibility index (Phi) is 12.5. The number of alkyl halides is 3. The zero-order valence-corrected chi connectivity index (χ0v) is 38.3. The molecule has 4 aromatic heterocycles. The molecule has 2 aliphatic rings. The highest BCUT2D eigenvalue weighted by Gasteiger charge is 2.41. The van der Waals surface area contributed by atoms with Crippen molar-refractivity contribution in [2.75, 3.05) is 43.5 Å². The van der Waals surface area contributed by atoms with Gasteiger partial charge in [0, 0.05) is 42.5 Å². The lowest BCUT2D eigenvalue weighted by atomic mass is 9.94. The third-order valence-electron chi connectivity index (χ3n) is 12.3. The minimum atomic E-state index is -4.95. The predicted molar refractivity (Wildman–Crippen MR) is 243 cm³/mol. The molecule has 13 nitrogen and oxygen atoms in total. The maximum absolute atomic E-state index is 17.7. The summed E-state index contributed by atoms with van der Waals surface area (Å²) in [7, 11) is 1.25. The summed E-state index contributed by atoms with van der Waals surface area (Å²) in [6.07, 6.45) is 0.497. The average Bonchev–Trinajstić information content (AvgIpc) is 3.68. The lowest BCUT2D eigenvalue weighted by Gasteiger charge is -2.37.